The number of rotatable bonds is 4. The van der Waals surface area contributed by atoms with Crippen LogP contribution in [-0.4, -0.2) is 39.8 Å². The molecule has 1 aliphatic heterocycles. The van der Waals surface area contributed by atoms with Gasteiger partial charge in [-0.1, -0.05) is 23.7 Å². The maximum atomic E-state index is 12.2. The predicted molar refractivity (Wildman–Crippen MR) is 109 cm³/mol. The number of amides is 1. The molecule has 2 N–H and O–H groups in total. The third-order valence-electron chi connectivity index (χ3n) is 4.79. The van der Waals surface area contributed by atoms with Crippen molar-refractivity contribution in [3.05, 3.63) is 59.1 Å². The molecular formula is C20H24Cl2N2O3. The third-order valence-corrected chi connectivity index (χ3v) is 5.04. The summed E-state index contributed by atoms with van der Waals surface area (Å²) < 4.78 is 0. The Kier molecular flexibility index (Phi) is 7.12. The fraction of sp³-hybridized carbons (Fsp3) is 0.350. The molecule has 0 aromatic heterocycles. The quantitative estimate of drug-likeness (QED) is 0.804. The zero-order valence-electron chi connectivity index (χ0n) is 15.1. The van der Waals surface area contributed by atoms with E-state index in [4.69, 9.17) is 11.6 Å². The lowest BCUT2D eigenvalue weighted by Gasteiger charge is -2.43. The van der Waals surface area contributed by atoms with E-state index in [1.54, 1.807) is 29.3 Å². The lowest BCUT2D eigenvalue weighted by atomic mass is 9.86. The van der Waals surface area contributed by atoms with Crippen molar-refractivity contribution < 1.29 is 15.0 Å². The van der Waals surface area contributed by atoms with Crippen LogP contribution in [0.4, 0.5) is 5.69 Å². The Labute approximate surface area is 170 Å². The van der Waals surface area contributed by atoms with E-state index < -0.39 is 5.60 Å². The molecule has 1 fully saturated rings. The first-order chi connectivity index (χ1) is 12.4. The molecular weight excluding hydrogens is 387 g/mol. The maximum Gasteiger partial charge on any atom is 0.238 e. The van der Waals surface area contributed by atoms with Gasteiger partial charge in [-0.05, 0) is 54.8 Å². The van der Waals surface area contributed by atoms with Gasteiger partial charge in [0.1, 0.15) is 5.75 Å². The Morgan fingerprint density at radius 1 is 1.11 bits per heavy atom. The van der Waals surface area contributed by atoms with Crippen molar-refractivity contribution in [2.24, 2.45) is 0 Å². The van der Waals surface area contributed by atoms with Crippen LogP contribution in [-0.2, 0) is 11.2 Å². The van der Waals surface area contributed by atoms with Crippen molar-refractivity contribution in [2.45, 2.75) is 31.8 Å². The molecule has 1 aliphatic rings. The number of hydrogen-bond acceptors (Lipinski definition) is 4. The second kappa shape index (κ2) is 8.93. The van der Waals surface area contributed by atoms with Gasteiger partial charge in [-0.3, -0.25) is 4.79 Å². The molecule has 1 amide bonds. The van der Waals surface area contributed by atoms with Crippen molar-refractivity contribution in [1.29, 1.82) is 0 Å². The number of phenolic OH excluding ortho intramolecular Hbond substituents is 1. The number of phenols is 1. The van der Waals surface area contributed by atoms with E-state index in [0.717, 1.165) is 5.56 Å². The molecule has 0 bridgehead atoms. The molecule has 146 valence electrons. The van der Waals surface area contributed by atoms with Crippen LogP contribution in [0.15, 0.2) is 48.5 Å². The standard InChI is InChI=1S/C20H23ClN2O3.ClH/c1-15(24)23(18-6-8-19(25)9-7-18)22-12-10-20(26,11-13-22)14-16-2-4-17(21)5-3-16;/h2-9,25-26H,10-14H2,1H3;1H. The largest absolute Gasteiger partial charge is 0.508 e. The van der Waals surface area contributed by atoms with Crippen LogP contribution in [0.25, 0.3) is 0 Å². The predicted octanol–water partition coefficient (Wildman–Crippen LogP) is 3.80. The SMILES string of the molecule is CC(=O)N(c1ccc(O)cc1)N1CCC(O)(Cc2ccc(Cl)cc2)CC1.Cl. The minimum Gasteiger partial charge on any atom is -0.508 e. The van der Waals surface area contributed by atoms with Gasteiger partial charge in [0.15, 0.2) is 0 Å². The van der Waals surface area contributed by atoms with Crippen LogP contribution >= 0.6 is 24.0 Å². The number of aromatic hydroxyl groups is 1. The van der Waals surface area contributed by atoms with Crippen LogP contribution in [0.3, 0.4) is 0 Å². The highest BCUT2D eigenvalue weighted by Crippen LogP contribution is 2.30. The summed E-state index contributed by atoms with van der Waals surface area (Å²) in [6.07, 6.45) is 1.70. The minimum absolute atomic E-state index is 0. The normalized spacial score (nSPS) is 16.4. The van der Waals surface area contributed by atoms with Crippen LogP contribution in [0.5, 0.6) is 5.75 Å². The number of benzene rings is 2. The minimum atomic E-state index is -0.790. The summed E-state index contributed by atoms with van der Waals surface area (Å²) in [6.45, 7) is 2.66. The molecule has 2 aromatic carbocycles. The fourth-order valence-corrected chi connectivity index (χ4v) is 3.53. The molecule has 0 atom stereocenters. The van der Waals surface area contributed by atoms with Gasteiger partial charge in [0.2, 0.25) is 5.91 Å². The van der Waals surface area contributed by atoms with Crippen LogP contribution in [0.2, 0.25) is 5.02 Å². The van der Waals surface area contributed by atoms with E-state index in [9.17, 15) is 15.0 Å². The maximum absolute atomic E-state index is 12.2. The van der Waals surface area contributed by atoms with Gasteiger partial charge in [-0.15, -0.1) is 12.4 Å². The first kappa shape index (κ1) is 21.5. The Bertz CT molecular complexity index is 758. The average Bonchev–Trinajstić information content (AvgIpc) is 2.60. The number of piperidine rings is 1. The Morgan fingerprint density at radius 2 is 1.67 bits per heavy atom. The number of carbonyl (C=O) groups excluding carboxylic acids is 1. The summed E-state index contributed by atoms with van der Waals surface area (Å²) in [5.41, 5.74) is 0.965. The highest BCUT2D eigenvalue weighted by atomic mass is 35.5. The molecule has 2 aromatic rings. The van der Waals surface area contributed by atoms with Gasteiger partial charge in [-0.25, -0.2) is 10.0 Å². The number of anilines is 1. The molecule has 1 saturated heterocycles. The van der Waals surface area contributed by atoms with E-state index in [-0.39, 0.29) is 24.1 Å². The smallest absolute Gasteiger partial charge is 0.238 e. The van der Waals surface area contributed by atoms with Crippen LogP contribution in [0.1, 0.15) is 25.3 Å². The molecule has 27 heavy (non-hydrogen) atoms. The molecule has 0 spiro atoms. The van der Waals surface area contributed by atoms with Crippen molar-refractivity contribution in [3.63, 3.8) is 0 Å². The fourth-order valence-electron chi connectivity index (χ4n) is 3.41. The van der Waals surface area contributed by atoms with Crippen LogP contribution < -0.4 is 5.01 Å². The van der Waals surface area contributed by atoms with Crippen molar-refractivity contribution in [1.82, 2.24) is 5.01 Å². The van der Waals surface area contributed by atoms with E-state index in [1.165, 1.54) is 6.92 Å². The molecule has 0 saturated carbocycles. The van der Waals surface area contributed by atoms with E-state index >= 15 is 0 Å². The second-order valence-corrected chi connectivity index (χ2v) is 7.26. The zero-order chi connectivity index (χ0) is 18.7. The van der Waals surface area contributed by atoms with Gasteiger partial charge in [0, 0.05) is 31.5 Å². The number of halogens is 2. The Hall–Kier alpha value is -1.79. The summed E-state index contributed by atoms with van der Waals surface area (Å²) >= 11 is 5.92. The lowest BCUT2D eigenvalue weighted by Crippen LogP contribution is -2.54. The first-order valence-corrected chi connectivity index (χ1v) is 9.05. The first-order valence-electron chi connectivity index (χ1n) is 8.68. The molecule has 0 aliphatic carbocycles. The molecule has 1 heterocycles. The Balaban J connectivity index is 0.00000261. The van der Waals surface area contributed by atoms with Gasteiger partial charge < -0.3 is 10.2 Å². The van der Waals surface area contributed by atoms with Gasteiger partial charge in [0.05, 0.1) is 11.3 Å². The number of nitrogens with zero attached hydrogens (tertiary/aromatic N) is 2. The van der Waals surface area contributed by atoms with Gasteiger partial charge >= 0.3 is 0 Å². The molecule has 7 heteroatoms. The van der Waals surface area contributed by atoms with E-state index in [0.29, 0.717) is 43.1 Å². The zero-order valence-corrected chi connectivity index (χ0v) is 16.7. The highest BCUT2D eigenvalue weighted by molar-refractivity contribution is 6.30. The molecule has 5 nitrogen and oxygen atoms in total. The molecule has 0 radical (unpaired) electrons. The Morgan fingerprint density at radius 3 is 2.19 bits per heavy atom. The summed E-state index contributed by atoms with van der Waals surface area (Å²) in [5.74, 6) is 0.0621. The second-order valence-electron chi connectivity index (χ2n) is 6.83. The number of hydrogen-bond donors (Lipinski definition) is 2. The molecule has 3 rings (SSSR count). The van der Waals surface area contributed by atoms with Crippen molar-refractivity contribution in [3.8, 4) is 5.75 Å². The average molecular weight is 411 g/mol. The number of hydrazine groups is 1. The monoisotopic (exact) mass is 410 g/mol. The summed E-state index contributed by atoms with van der Waals surface area (Å²) in [7, 11) is 0. The van der Waals surface area contributed by atoms with Crippen molar-refractivity contribution in [2.75, 3.05) is 18.1 Å². The number of aliphatic hydroxyl groups is 1. The van der Waals surface area contributed by atoms with Gasteiger partial charge in [-0.2, -0.15) is 0 Å². The summed E-state index contributed by atoms with van der Waals surface area (Å²) in [6, 6.07) is 14.1. The lowest BCUT2D eigenvalue weighted by molar-refractivity contribution is -0.121. The topological polar surface area (TPSA) is 64.0 Å². The third kappa shape index (κ3) is 5.36. The van der Waals surface area contributed by atoms with E-state index in [1.807, 2.05) is 29.3 Å². The van der Waals surface area contributed by atoms with Crippen molar-refractivity contribution >= 4 is 35.6 Å². The summed E-state index contributed by atoms with van der Waals surface area (Å²) in [5, 5.41) is 24.6. The summed E-state index contributed by atoms with van der Waals surface area (Å²) in [4.78, 5) is 12.2. The number of carbonyl (C=O) groups is 1. The van der Waals surface area contributed by atoms with Crippen LogP contribution in [0, 0.1) is 0 Å². The van der Waals surface area contributed by atoms with E-state index in [2.05, 4.69) is 0 Å². The molecule has 0 unspecified atom stereocenters. The highest BCUT2D eigenvalue weighted by Gasteiger charge is 2.35. The van der Waals surface area contributed by atoms with Gasteiger partial charge in [0.25, 0.3) is 0 Å².